The number of primary amides is 1. The van der Waals surface area contributed by atoms with E-state index in [9.17, 15) is 19.2 Å². The van der Waals surface area contributed by atoms with Crippen LogP contribution in [0, 0.1) is 11.8 Å². The average Bonchev–Trinajstić information content (AvgIpc) is 2.70. The molecule has 2 atom stereocenters. The van der Waals surface area contributed by atoms with Gasteiger partial charge in [0.15, 0.2) is 5.92 Å². The van der Waals surface area contributed by atoms with Crippen molar-refractivity contribution in [3.63, 3.8) is 0 Å². The van der Waals surface area contributed by atoms with E-state index in [-0.39, 0.29) is 5.56 Å². The molecule has 0 radical (unpaired) electrons. The van der Waals surface area contributed by atoms with E-state index in [2.05, 4.69) is 19.8 Å². The predicted molar refractivity (Wildman–Crippen MR) is 98.9 cm³/mol. The molecule has 9 nitrogen and oxygen atoms in total. The lowest BCUT2D eigenvalue weighted by Gasteiger charge is -2.26. The summed E-state index contributed by atoms with van der Waals surface area (Å²) in [6.45, 7) is 1.42. The summed E-state index contributed by atoms with van der Waals surface area (Å²) in [4.78, 5) is 52.7. The summed E-state index contributed by atoms with van der Waals surface area (Å²) in [7, 11) is 2.20. The zero-order valence-corrected chi connectivity index (χ0v) is 15.7. The maximum absolute atomic E-state index is 12.6. The molecular weight excluding hydrogens is 366 g/mol. The van der Waals surface area contributed by atoms with Gasteiger partial charge in [0.1, 0.15) is 6.04 Å². The van der Waals surface area contributed by atoms with Crippen molar-refractivity contribution in [2.75, 3.05) is 14.2 Å². The summed E-state index contributed by atoms with van der Waals surface area (Å²) in [6.07, 6.45) is 1.36. The molecule has 2 aromatic rings. The van der Waals surface area contributed by atoms with Crippen molar-refractivity contribution in [1.29, 1.82) is 0 Å². The van der Waals surface area contributed by atoms with E-state index in [1.54, 1.807) is 24.3 Å². The van der Waals surface area contributed by atoms with Crippen molar-refractivity contribution in [1.82, 2.24) is 10.3 Å². The molecule has 0 saturated carbocycles. The first-order chi connectivity index (χ1) is 13.3. The summed E-state index contributed by atoms with van der Waals surface area (Å²) in [5.41, 5.74) is 6.30. The molecule has 28 heavy (non-hydrogen) atoms. The number of nitrogens with one attached hydrogen (secondary N) is 1. The second-order valence-electron chi connectivity index (χ2n) is 6.15. The monoisotopic (exact) mass is 387 g/mol. The number of hydrogen-bond acceptors (Lipinski definition) is 7. The molecule has 148 valence electrons. The Morgan fingerprint density at radius 3 is 2.25 bits per heavy atom. The smallest absolute Gasteiger partial charge is 0.320 e. The van der Waals surface area contributed by atoms with E-state index in [0.29, 0.717) is 5.52 Å². The third-order valence-electron chi connectivity index (χ3n) is 4.41. The van der Waals surface area contributed by atoms with Gasteiger partial charge >= 0.3 is 11.9 Å². The highest BCUT2D eigenvalue weighted by atomic mass is 16.5. The van der Waals surface area contributed by atoms with Gasteiger partial charge in [-0.2, -0.15) is 0 Å². The SMILES string of the molecule is COC(=O)C(C(=O)OC)[C@H](C)[C@H](NC(=O)c1cnc2ccccc2c1)C(N)=O. The molecule has 1 aromatic carbocycles. The largest absolute Gasteiger partial charge is 0.468 e. The number of carbonyl (C=O) groups excluding carboxylic acids is 4. The van der Waals surface area contributed by atoms with E-state index >= 15 is 0 Å². The molecule has 0 aliphatic heterocycles. The highest BCUT2D eigenvalue weighted by Crippen LogP contribution is 2.20. The topological polar surface area (TPSA) is 138 Å². The Balaban J connectivity index is 2.29. The van der Waals surface area contributed by atoms with Gasteiger partial charge in [0.05, 0.1) is 25.3 Å². The van der Waals surface area contributed by atoms with Crippen molar-refractivity contribution in [2.45, 2.75) is 13.0 Å². The molecule has 0 unspecified atom stereocenters. The number of amides is 2. The van der Waals surface area contributed by atoms with Gasteiger partial charge in [-0.15, -0.1) is 0 Å². The number of nitrogens with zero attached hydrogens (tertiary/aromatic N) is 1. The van der Waals surface area contributed by atoms with E-state index in [0.717, 1.165) is 19.6 Å². The Bertz CT molecular complexity index is 897. The van der Waals surface area contributed by atoms with Crippen LogP contribution in [0.2, 0.25) is 0 Å². The fourth-order valence-corrected chi connectivity index (χ4v) is 2.85. The number of esters is 2. The first-order valence-corrected chi connectivity index (χ1v) is 8.40. The summed E-state index contributed by atoms with van der Waals surface area (Å²) >= 11 is 0. The maximum Gasteiger partial charge on any atom is 0.320 e. The van der Waals surface area contributed by atoms with E-state index in [1.807, 2.05) is 6.07 Å². The summed E-state index contributed by atoms with van der Waals surface area (Å²) in [6, 6.07) is 7.50. The molecule has 0 aliphatic carbocycles. The lowest BCUT2D eigenvalue weighted by Crippen LogP contribution is -2.52. The Hall–Kier alpha value is -3.49. The van der Waals surface area contributed by atoms with Gasteiger partial charge in [0.2, 0.25) is 5.91 Å². The fraction of sp³-hybridized carbons (Fsp3) is 0.316. The second kappa shape index (κ2) is 8.94. The van der Waals surface area contributed by atoms with E-state index < -0.39 is 41.6 Å². The molecule has 3 N–H and O–H groups in total. The third kappa shape index (κ3) is 4.43. The van der Waals surface area contributed by atoms with Crippen LogP contribution >= 0.6 is 0 Å². The first-order valence-electron chi connectivity index (χ1n) is 8.40. The minimum atomic E-state index is -1.43. The van der Waals surface area contributed by atoms with Gasteiger partial charge < -0.3 is 20.5 Å². The summed E-state index contributed by atoms with van der Waals surface area (Å²) in [5.74, 6) is -5.76. The van der Waals surface area contributed by atoms with Crippen LogP contribution in [0.4, 0.5) is 0 Å². The number of para-hydroxylation sites is 1. The van der Waals surface area contributed by atoms with Crippen LogP contribution in [-0.4, -0.2) is 49.0 Å². The Kier molecular flexibility index (Phi) is 6.64. The number of benzene rings is 1. The van der Waals surface area contributed by atoms with Crippen LogP contribution in [0.3, 0.4) is 0 Å². The first kappa shape index (κ1) is 20.8. The van der Waals surface area contributed by atoms with Crippen molar-refractivity contribution in [3.8, 4) is 0 Å². The van der Waals surface area contributed by atoms with Crippen molar-refractivity contribution in [2.24, 2.45) is 17.6 Å². The maximum atomic E-state index is 12.6. The molecule has 1 aromatic heterocycles. The lowest BCUT2D eigenvalue weighted by atomic mass is 9.86. The average molecular weight is 387 g/mol. The molecule has 0 bridgehead atoms. The van der Waals surface area contributed by atoms with Gasteiger partial charge in [0, 0.05) is 17.5 Å². The number of hydrogen-bond donors (Lipinski definition) is 2. The van der Waals surface area contributed by atoms with Crippen LogP contribution in [-0.2, 0) is 23.9 Å². The Labute approximate surface area is 161 Å². The second-order valence-corrected chi connectivity index (χ2v) is 6.15. The molecule has 2 rings (SSSR count). The minimum absolute atomic E-state index is 0.199. The minimum Gasteiger partial charge on any atom is -0.468 e. The predicted octanol–water partition coefficient (Wildman–Crippen LogP) is 0.417. The number of methoxy groups -OCH3 is 2. The van der Waals surface area contributed by atoms with Gasteiger partial charge in [-0.25, -0.2) is 0 Å². The number of rotatable bonds is 7. The van der Waals surface area contributed by atoms with Crippen molar-refractivity contribution >= 4 is 34.7 Å². The summed E-state index contributed by atoms with van der Waals surface area (Å²) < 4.78 is 9.22. The number of fused-ring (bicyclic) bond motifs is 1. The third-order valence-corrected chi connectivity index (χ3v) is 4.41. The fourth-order valence-electron chi connectivity index (χ4n) is 2.85. The zero-order valence-electron chi connectivity index (χ0n) is 15.7. The highest BCUT2D eigenvalue weighted by molar-refractivity contribution is 6.01. The molecule has 2 amide bonds. The molecule has 9 heteroatoms. The number of pyridine rings is 1. The standard InChI is InChI=1S/C19H21N3O6/c1-10(14(18(25)27-2)19(26)28-3)15(16(20)23)22-17(24)12-8-11-6-4-5-7-13(11)21-9-12/h4-10,14-15H,1-3H3,(H2,20,23)(H,22,24)/t10-,15-/m0/s1. The zero-order chi connectivity index (χ0) is 20.8. The quantitative estimate of drug-likeness (QED) is 0.518. The Morgan fingerprint density at radius 1 is 1.07 bits per heavy atom. The van der Waals surface area contributed by atoms with Crippen LogP contribution in [0.5, 0.6) is 0 Å². The van der Waals surface area contributed by atoms with Crippen LogP contribution in [0.25, 0.3) is 10.9 Å². The van der Waals surface area contributed by atoms with Gasteiger partial charge in [-0.05, 0) is 12.1 Å². The van der Waals surface area contributed by atoms with Gasteiger partial charge in [-0.1, -0.05) is 25.1 Å². The molecule has 0 aliphatic rings. The number of carbonyl (C=O) groups is 4. The lowest BCUT2D eigenvalue weighted by molar-refractivity contribution is -0.161. The molecule has 0 spiro atoms. The van der Waals surface area contributed by atoms with Crippen LogP contribution in [0.1, 0.15) is 17.3 Å². The van der Waals surface area contributed by atoms with Crippen LogP contribution in [0.15, 0.2) is 36.5 Å². The molecule has 1 heterocycles. The molecule has 0 fully saturated rings. The molecule has 0 saturated heterocycles. The van der Waals surface area contributed by atoms with Gasteiger partial charge in [-0.3, -0.25) is 24.2 Å². The Morgan fingerprint density at radius 2 is 1.68 bits per heavy atom. The molecular formula is C19H21N3O6. The normalized spacial score (nSPS) is 12.9. The van der Waals surface area contributed by atoms with E-state index in [1.165, 1.54) is 13.1 Å². The number of nitrogens with two attached hydrogens (primary N) is 1. The number of aromatic nitrogens is 1. The van der Waals surface area contributed by atoms with Crippen molar-refractivity contribution in [3.05, 3.63) is 42.1 Å². The highest BCUT2D eigenvalue weighted by Gasteiger charge is 2.41. The van der Waals surface area contributed by atoms with Crippen LogP contribution < -0.4 is 11.1 Å². The van der Waals surface area contributed by atoms with Crippen molar-refractivity contribution < 1.29 is 28.7 Å². The number of ether oxygens (including phenoxy) is 2. The summed E-state index contributed by atoms with van der Waals surface area (Å²) in [5, 5.41) is 3.20. The van der Waals surface area contributed by atoms with E-state index in [4.69, 9.17) is 5.73 Å². The van der Waals surface area contributed by atoms with Gasteiger partial charge in [0.25, 0.3) is 5.91 Å².